The topological polar surface area (TPSA) is 118 Å². The van der Waals surface area contributed by atoms with Crippen LogP contribution in [-0.2, 0) is 41.3 Å². The standard InChI is InChI=1S/C29H29F8NO6S2/c30-19-5-7-20(8-6-19)46(43,44)26-11-10-23(38-24(39)25(40)12-14-45(41,42)15-13-25)22(26)3-1-2-17-16-18(4-9-21(17)26)27(31,28(32,33)34)29(35,36)37/h4-9,16,22-23,40H,1-3,10-15H2,(H,38,39)/t22-,23+,26+/m0/s1. The molecule has 1 saturated heterocycles. The summed E-state index contributed by atoms with van der Waals surface area (Å²) in [6.07, 6.45) is -14.2. The van der Waals surface area contributed by atoms with E-state index < -0.39 is 107 Å². The first-order valence-electron chi connectivity index (χ1n) is 14.3. The van der Waals surface area contributed by atoms with Crippen molar-refractivity contribution in [2.75, 3.05) is 11.5 Å². The summed E-state index contributed by atoms with van der Waals surface area (Å²) in [7, 11) is -8.12. The van der Waals surface area contributed by atoms with Gasteiger partial charge in [-0.2, -0.15) is 26.3 Å². The van der Waals surface area contributed by atoms with Crippen molar-refractivity contribution < 1.29 is 61.9 Å². The first kappa shape index (κ1) is 34.5. The van der Waals surface area contributed by atoms with E-state index in [9.17, 15) is 57.5 Å². The molecule has 1 aliphatic heterocycles. The van der Waals surface area contributed by atoms with E-state index in [0.717, 1.165) is 30.3 Å². The number of halogens is 8. The molecule has 46 heavy (non-hydrogen) atoms. The second-order valence-corrected chi connectivity index (χ2v) is 16.7. The molecule has 3 atom stereocenters. The fraction of sp³-hybridized carbons (Fsp3) is 0.552. The van der Waals surface area contributed by atoms with Crippen LogP contribution >= 0.6 is 0 Å². The zero-order valence-electron chi connectivity index (χ0n) is 23.9. The van der Waals surface area contributed by atoms with Crippen LogP contribution in [0.3, 0.4) is 0 Å². The van der Waals surface area contributed by atoms with Crippen molar-refractivity contribution in [2.24, 2.45) is 5.92 Å². The summed E-state index contributed by atoms with van der Waals surface area (Å²) in [6, 6.07) is 4.08. The number of aryl methyl sites for hydroxylation is 1. The Hall–Kier alpha value is -2.79. The smallest absolute Gasteiger partial charge is 0.380 e. The summed E-state index contributed by atoms with van der Waals surface area (Å²) in [6.45, 7) is 0. The molecule has 7 nitrogen and oxygen atoms in total. The fourth-order valence-electron chi connectivity index (χ4n) is 7.16. The van der Waals surface area contributed by atoms with Crippen molar-refractivity contribution in [2.45, 2.75) is 84.3 Å². The van der Waals surface area contributed by atoms with E-state index in [-0.39, 0.29) is 49.3 Å². The number of aliphatic hydroxyl groups is 1. The zero-order chi connectivity index (χ0) is 34.1. The highest BCUT2D eigenvalue weighted by Gasteiger charge is 2.73. The van der Waals surface area contributed by atoms with E-state index in [1.807, 2.05) is 0 Å². The summed E-state index contributed by atoms with van der Waals surface area (Å²) >= 11 is 0. The van der Waals surface area contributed by atoms with E-state index in [1.54, 1.807) is 0 Å². The summed E-state index contributed by atoms with van der Waals surface area (Å²) in [5, 5.41) is 13.6. The number of hydrogen-bond donors (Lipinski definition) is 2. The van der Waals surface area contributed by atoms with Crippen LogP contribution in [0.5, 0.6) is 0 Å². The van der Waals surface area contributed by atoms with Gasteiger partial charge in [-0.05, 0) is 80.3 Å². The third-order valence-corrected chi connectivity index (χ3v) is 13.8. The number of fused-ring (bicyclic) bond motifs is 3. The van der Waals surface area contributed by atoms with Gasteiger partial charge in [0.2, 0.25) is 0 Å². The molecule has 17 heteroatoms. The van der Waals surface area contributed by atoms with Gasteiger partial charge in [-0.15, -0.1) is 0 Å². The lowest BCUT2D eigenvalue weighted by Gasteiger charge is -2.39. The number of hydrogen-bond acceptors (Lipinski definition) is 6. The fourth-order valence-corrected chi connectivity index (χ4v) is 11.1. The molecule has 0 unspecified atom stereocenters. The lowest BCUT2D eigenvalue weighted by molar-refractivity contribution is -0.348. The zero-order valence-corrected chi connectivity index (χ0v) is 25.5. The van der Waals surface area contributed by atoms with Crippen molar-refractivity contribution >= 4 is 25.6 Å². The third kappa shape index (κ3) is 5.39. The average molecular weight is 704 g/mol. The van der Waals surface area contributed by atoms with Gasteiger partial charge < -0.3 is 10.4 Å². The van der Waals surface area contributed by atoms with Gasteiger partial charge >= 0.3 is 18.0 Å². The number of carbonyl (C=O) groups is 1. The minimum atomic E-state index is -6.40. The average Bonchev–Trinajstić information content (AvgIpc) is 3.23. The molecule has 2 aliphatic carbocycles. The molecule has 0 bridgehead atoms. The molecule has 1 amide bonds. The van der Waals surface area contributed by atoms with Crippen LogP contribution in [0.25, 0.3) is 0 Å². The summed E-state index contributed by atoms with van der Waals surface area (Å²) < 4.78 is 161. The van der Waals surface area contributed by atoms with Crippen LogP contribution < -0.4 is 5.32 Å². The van der Waals surface area contributed by atoms with Crippen LogP contribution in [0, 0.1) is 11.7 Å². The van der Waals surface area contributed by atoms with Crippen LogP contribution in [0.4, 0.5) is 35.1 Å². The van der Waals surface area contributed by atoms with E-state index >= 15 is 4.39 Å². The molecule has 2 aromatic rings. The van der Waals surface area contributed by atoms with Crippen LogP contribution in [0.15, 0.2) is 47.4 Å². The molecule has 1 heterocycles. The molecule has 254 valence electrons. The predicted octanol–water partition coefficient (Wildman–Crippen LogP) is 4.96. The predicted molar refractivity (Wildman–Crippen MR) is 147 cm³/mol. The van der Waals surface area contributed by atoms with Gasteiger partial charge in [0.1, 0.15) is 16.2 Å². The number of carbonyl (C=O) groups excluding carboxylic acids is 1. The normalized spacial score (nSPS) is 26.5. The Kier molecular flexibility index (Phi) is 8.37. The maximum Gasteiger partial charge on any atom is 0.435 e. The van der Waals surface area contributed by atoms with E-state index in [0.29, 0.717) is 6.07 Å². The molecular formula is C29H29F8NO6S2. The monoisotopic (exact) mass is 703 g/mol. The third-order valence-electron chi connectivity index (χ3n) is 9.61. The van der Waals surface area contributed by atoms with Crippen LogP contribution in [-0.4, -0.2) is 63.4 Å². The van der Waals surface area contributed by atoms with E-state index in [4.69, 9.17) is 0 Å². The van der Waals surface area contributed by atoms with Gasteiger partial charge in [0.25, 0.3) is 5.91 Å². The Morgan fingerprint density at radius 2 is 1.48 bits per heavy atom. The van der Waals surface area contributed by atoms with Crippen molar-refractivity contribution in [3.8, 4) is 0 Å². The number of sulfone groups is 2. The number of amides is 1. The quantitative estimate of drug-likeness (QED) is 0.336. The lowest BCUT2D eigenvalue weighted by Crippen LogP contribution is -2.55. The molecule has 0 aromatic heterocycles. The maximum atomic E-state index is 15.1. The van der Waals surface area contributed by atoms with Gasteiger partial charge in [0.05, 0.1) is 16.4 Å². The van der Waals surface area contributed by atoms with Gasteiger partial charge in [-0.25, -0.2) is 25.6 Å². The van der Waals surface area contributed by atoms with E-state index in [2.05, 4.69) is 5.32 Å². The number of nitrogens with one attached hydrogen (secondary N) is 1. The second-order valence-electron chi connectivity index (χ2n) is 12.2. The Labute approximate surface area is 259 Å². The number of benzene rings is 2. The first-order valence-corrected chi connectivity index (χ1v) is 17.6. The molecule has 0 spiro atoms. The minimum absolute atomic E-state index is 0.0124. The Morgan fingerprint density at radius 3 is 2.04 bits per heavy atom. The molecule has 0 radical (unpaired) electrons. The Bertz CT molecular complexity index is 1710. The summed E-state index contributed by atoms with van der Waals surface area (Å²) in [5.41, 5.74) is -10.0. The molecular weight excluding hydrogens is 674 g/mol. The van der Waals surface area contributed by atoms with E-state index in [1.165, 1.54) is 0 Å². The molecule has 5 rings (SSSR count). The highest BCUT2D eigenvalue weighted by Crippen LogP contribution is 2.58. The molecule has 3 aliphatic rings. The van der Waals surface area contributed by atoms with Gasteiger partial charge in [-0.1, -0.05) is 18.2 Å². The van der Waals surface area contributed by atoms with Crippen molar-refractivity contribution in [1.29, 1.82) is 0 Å². The van der Waals surface area contributed by atoms with Crippen LogP contribution in [0.2, 0.25) is 0 Å². The molecule has 2 aromatic carbocycles. The van der Waals surface area contributed by atoms with Crippen molar-refractivity contribution in [1.82, 2.24) is 5.32 Å². The SMILES string of the molecule is O=C(N[C@@H]1CC[C@@]2(S(=O)(=O)c3ccc(F)cc3)c3ccc(C(F)(C(F)(F)F)C(F)(F)F)cc3CCC[C@@H]12)C1(O)CCS(=O)(=O)CC1. The Morgan fingerprint density at radius 1 is 0.891 bits per heavy atom. The number of rotatable bonds is 5. The Balaban J connectivity index is 1.64. The van der Waals surface area contributed by atoms with Gasteiger partial charge in [0.15, 0.2) is 19.7 Å². The maximum absolute atomic E-state index is 15.1. The lowest BCUT2D eigenvalue weighted by atomic mass is 9.82. The van der Waals surface area contributed by atoms with Crippen molar-refractivity contribution in [3.63, 3.8) is 0 Å². The molecule has 2 fully saturated rings. The van der Waals surface area contributed by atoms with Gasteiger partial charge in [0, 0.05) is 17.5 Å². The largest absolute Gasteiger partial charge is 0.435 e. The highest BCUT2D eigenvalue weighted by atomic mass is 32.2. The molecule has 1 saturated carbocycles. The minimum Gasteiger partial charge on any atom is -0.380 e. The first-order chi connectivity index (χ1) is 21.1. The van der Waals surface area contributed by atoms with Gasteiger partial charge in [-0.3, -0.25) is 4.79 Å². The summed E-state index contributed by atoms with van der Waals surface area (Å²) in [4.78, 5) is 12.9. The second kappa shape index (κ2) is 11.1. The number of alkyl halides is 7. The highest BCUT2D eigenvalue weighted by molar-refractivity contribution is 7.92. The molecule has 2 N–H and O–H groups in total. The summed E-state index contributed by atoms with van der Waals surface area (Å²) in [5.74, 6) is -3.70. The van der Waals surface area contributed by atoms with Crippen LogP contribution in [0.1, 0.15) is 55.2 Å². The van der Waals surface area contributed by atoms with Crippen molar-refractivity contribution in [3.05, 3.63) is 65.0 Å².